The van der Waals surface area contributed by atoms with Gasteiger partial charge in [-0.15, -0.1) is 0 Å². The average Bonchev–Trinajstić information content (AvgIpc) is 3.30. The van der Waals surface area contributed by atoms with Gasteiger partial charge in [-0.05, 0) is 12.8 Å². The van der Waals surface area contributed by atoms with Crippen LogP contribution in [0.5, 0.6) is 0 Å². The molecule has 0 aliphatic carbocycles. The molecule has 48 heavy (non-hydrogen) atoms. The maximum atomic E-state index is 12.8. The van der Waals surface area contributed by atoms with E-state index in [0.29, 0.717) is 12.8 Å². The van der Waals surface area contributed by atoms with Crippen molar-refractivity contribution >= 4 is 47.4 Å². The monoisotopic (exact) mass is 826 g/mol. The molecule has 2 rings (SSSR count). The van der Waals surface area contributed by atoms with Crippen LogP contribution < -0.4 is 5.32 Å². The molecule has 18 nitrogen and oxygen atoms in total. The predicted molar refractivity (Wildman–Crippen MR) is 162 cm³/mol. The molecule has 270 valence electrons. The number of nitrogens with zero attached hydrogens (tertiary/aromatic N) is 5. The fourth-order valence-corrected chi connectivity index (χ4v) is 5.21. The van der Waals surface area contributed by atoms with E-state index >= 15 is 0 Å². The van der Waals surface area contributed by atoms with Crippen LogP contribution in [0.2, 0.25) is 0 Å². The minimum Gasteiger partial charge on any atom is -0.481 e. The summed E-state index contributed by atoms with van der Waals surface area (Å²) < 4.78 is 0. The van der Waals surface area contributed by atoms with E-state index in [-0.39, 0.29) is 138 Å². The Morgan fingerprint density at radius 1 is 0.646 bits per heavy atom. The third-order valence-electron chi connectivity index (χ3n) is 7.76. The van der Waals surface area contributed by atoms with Crippen molar-refractivity contribution in [3.63, 3.8) is 0 Å². The van der Waals surface area contributed by atoms with Gasteiger partial charge in [0.2, 0.25) is 5.91 Å². The fourth-order valence-electron chi connectivity index (χ4n) is 5.21. The number of carbonyl (C=O) groups is 8. The van der Waals surface area contributed by atoms with E-state index in [2.05, 4.69) is 5.32 Å². The molecule has 2 aliphatic rings. The molecular weight excluding hydrogens is 782 g/mol. The maximum Gasteiger partial charge on any atom is 0.317 e. The first-order chi connectivity index (χ1) is 22.2. The van der Waals surface area contributed by atoms with Gasteiger partial charge >= 0.3 is 23.9 Å². The summed E-state index contributed by atoms with van der Waals surface area (Å²) in [7, 11) is 0. The Morgan fingerprint density at radius 3 is 1.42 bits per heavy atom. The summed E-state index contributed by atoms with van der Waals surface area (Å²) in [6, 6.07) is 0. The standard InChI is InChI=1S/C29H44N6O12.Gd/c36-22(15-21(29(46)47)3-1-2-6-35-24(38)4-5-25(35)39)16-30-23(37)17-31-7-9-32(18-26(40)41)11-13-34(20-28(44)45)14-12-33(10-8-31)19-27(42)43;/h4-5,21H,1-3,6-20H2,(H,30,37)(H,40,41)(H,42,43)(H,44,45)(H,46,47);/t21-;/m1./s1. The van der Waals surface area contributed by atoms with Crippen molar-refractivity contribution in [3.05, 3.63) is 12.2 Å². The Morgan fingerprint density at radius 2 is 1.04 bits per heavy atom. The summed E-state index contributed by atoms with van der Waals surface area (Å²) in [6.45, 7) is 0.432. The summed E-state index contributed by atoms with van der Waals surface area (Å²) in [5.41, 5.74) is 0. The number of hydrogen-bond acceptors (Lipinski definition) is 12. The largest absolute Gasteiger partial charge is 0.481 e. The zero-order valence-corrected chi connectivity index (χ0v) is 28.9. The summed E-state index contributed by atoms with van der Waals surface area (Å²) in [6.07, 6.45) is 2.87. The van der Waals surface area contributed by atoms with Crippen molar-refractivity contribution in [2.45, 2.75) is 25.7 Å². The number of aliphatic carboxylic acids is 4. The van der Waals surface area contributed by atoms with Gasteiger partial charge in [0.1, 0.15) is 0 Å². The molecule has 0 bridgehead atoms. The normalized spacial score (nSPS) is 18.0. The van der Waals surface area contributed by atoms with Crippen molar-refractivity contribution in [1.29, 1.82) is 0 Å². The van der Waals surface area contributed by atoms with Crippen LogP contribution >= 0.6 is 0 Å². The molecule has 2 aliphatic heterocycles. The molecule has 5 N–H and O–H groups in total. The number of amides is 3. The number of nitrogens with one attached hydrogen (secondary N) is 1. The molecule has 0 radical (unpaired) electrons. The van der Waals surface area contributed by atoms with Gasteiger partial charge in [0.25, 0.3) is 11.8 Å². The van der Waals surface area contributed by atoms with Gasteiger partial charge in [-0.25, -0.2) is 0 Å². The number of ketones is 1. The Labute approximate surface area is 309 Å². The number of rotatable bonds is 18. The predicted octanol–water partition coefficient (Wildman–Crippen LogP) is -2.67. The van der Waals surface area contributed by atoms with Gasteiger partial charge in [0, 0.05) is 117 Å². The molecule has 0 spiro atoms. The summed E-state index contributed by atoms with van der Waals surface area (Å²) >= 11 is 0. The van der Waals surface area contributed by atoms with Crippen LogP contribution in [-0.4, -0.2) is 184 Å². The van der Waals surface area contributed by atoms with Crippen LogP contribution in [0.3, 0.4) is 0 Å². The van der Waals surface area contributed by atoms with E-state index in [1.54, 1.807) is 19.6 Å². The van der Waals surface area contributed by atoms with Gasteiger partial charge in [-0.1, -0.05) is 6.42 Å². The van der Waals surface area contributed by atoms with Gasteiger partial charge in [-0.3, -0.25) is 62.9 Å². The number of unbranched alkanes of at least 4 members (excludes halogenated alkanes) is 1. The summed E-state index contributed by atoms with van der Waals surface area (Å²) in [5.74, 6) is -7.30. The van der Waals surface area contributed by atoms with Gasteiger partial charge in [0.15, 0.2) is 5.78 Å². The van der Waals surface area contributed by atoms with Crippen molar-refractivity contribution in [2.24, 2.45) is 5.92 Å². The second-order valence-corrected chi connectivity index (χ2v) is 11.5. The third kappa shape index (κ3) is 17.5. The van der Waals surface area contributed by atoms with Crippen LogP contribution in [0.1, 0.15) is 25.7 Å². The number of Topliss-reactive ketones (excluding diaryl/α,β-unsaturated/α-hetero) is 1. The Kier molecular flexibility index (Phi) is 20.3. The molecule has 0 aromatic heterocycles. The van der Waals surface area contributed by atoms with Crippen molar-refractivity contribution in [1.82, 2.24) is 29.8 Å². The zero-order chi connectivity index (χ0) is 34.9. The van der Waals surface area contributed by atoms with E-state index in [0.717, 1.165) is 17.1 Å². The molecule has 0 unspecified atom stereocenters. The first kappa shape index (κ1) is 43.1. The smallest absolute Gasteiger partial charge is 0.317 e. The van der Waals surface area contributed by atoms with Crippen LogP contribution in [0, 0.1) is 45.9 Å². The maximum absolute atomic E-state index is 12.8. The van der Waals surface area contributed by atoms with E-state index in [1.807, 2.05) is 0 Å². The number of carboxylic acids is 4. The first-order valence-electron chi connectivity index (χ1n) is 15.3. The van der Waals surface area contributed by atoms with Crippen LogP contribution in [-0.2, 0) is 38.4 Å². The topological polar surface area (TPSA) is 246 Å². The van der Waals surface area contributed by atoms with E-state index in [4.69, 9.17) is 0 Å². The van der Waals surface area contributed by atoms with Crippen LogP contribution in [0.25, 0.3) is 0 Å². The first-order valence-corrected chi connectivity index (χ1v) is 15.3. The zero-order valence-electron chi connectivity index (χ0n) is 26.6. The molecule has 1 atom stereocenters. The van der Waals surface area contributed by atoms with E-state index in [1.165, 1.54) is 0 Å². The minimum absolute atomic E-state index is 0. The molecule has 1 saturated heterocycles. The van der Waals surface area contributed by atoms with Gasteiger partial charge in [-0.2, -0.15) is 0 Å². The second kappa shape index (κ2) is 22.7. The molecule has 0 aromatic carbocycles. The molecule has 1 fully saturated rings. The number of hydrogen-bond donors (Lipinski definition) is 5. The van der Waals surface area contributed by atoms with E-state index < -0.39 is 59.8 Å². The Balaban J connectivity index is 0.0000115. The Bertz CT molecular complexity index is 1150. The SMILES string of the molecule is O=C(O)CN1CCN(CC(=O)O)CCN(CC(=O)NCC(=O)C[C@@H](CCCCN2C(=O)C=CC2=O)C(=O)O)CCN(CC(=O)O)CC1.[Gd]. The number of imide groups is 1. The Hall–Kier alpha value is -2.94. The minimum atomic E-state index is -1.18. The third-order valence-corrected chi connectivity index (χ3v) is 7.76. The van der Waals surface area contributed by atoms with Crippen LogP contribution in [0.4, 0.5) is 0 Å². The van der Waals surface area contributed by atoms with Gasteiger partial charge in [0.05, 0.1) is 38.6 Å². The van der Waals surface area contributed by atoms with Crippen molar-refractivity contribution < 1.29 is 98.7 Å². The number of carboxylic acid groups (broad SMARTS) is 4. The van der Waals surface area contributed by atoms with Crippen molar-refractivity contribution in [2.75, 3.05) is 91.6 Å². The molecule has 3 amide bonds. The summed E-state index contributed by atoms with van der Waals surface area (Å²) in [4.78, 5) is 102. The fraction of sp³-hybridized carbons (Fsp3) is 0.655. The molecule has 0 aromatic rings. The summed E-state index contributed by atoms with van der Waals surface area (Å²) in [5, 5.41) is 40.0. The van der Waals surface area contributed by atoms with Gasteiger partial charge < -0.3 is 25.7 Å². The molecule has 2 heterocycles. The van der Waals surface area contributed by atoms with E-state index in [9.17, 15) is 58.8 Å². The van der Waals surface area contributed by atoms with Crippen molar-refractivity contribution in [3.8, 4) is 0 Å². The molecule has 0 saturated carbocycles. The van der Waals surface area contributed by atoms with Crippen LogP contribution in [0.15, 0.2) is 12.2 Å². The average molecular weight is 826 g/mol. The molecular formula is C29H44GdN6O12. The molecule has 19 heteroatoms. The second-order valence-electron chi connectivity index (χ2n) is 11.5. The number of carbonyl (C=O) groups excluding carboxylic acids is 4. The quantitative estimate of drug-likeness (QED) is 0.0699.